The first-order chi connectivity index (χ1) is 14.1. The smallest absolute Gasteiger partial charge is 0.264 e. The molecule has 0 unspecified atom stereocenters. The number of amides is 1. The minimum atomic E-state index is -0.136. The number of rotatable bonds is 5. The molecule has 1 heterocycles. The van der Waals surface area contributed by atoms with Crippen molar-refractivity contribution in [3.63, 3.8) is 0 Å². The number of para-hydroxylation sites is 1. The molecule has 0 saturated heterocycles. The van der Waals surface area contributed by atoms with Crippen molar-refractivity contribution in [2.75, 3.05) is 31.0 Å². The molecule has 5 nitrogen and oxygen atoms in total. The summed E-state index contributed by atoms with van der Waals surface area (Å²) in [4.78, 5) is 21.9. The van der Waals surface area contributed by atoms with E-state index >= 15 is 0 Å². The average Bonchev–Trinajstić information content (AvgIpc) is 3.17. The number of hydrogen-bond acceptors (Lipinski definition) is 5. The summed E-state index contributed by atoms with van der Waals surface area (Å²) in [6.45, 7) is 0. The quantitative estimate of drug-likeness (QED) is 0.451. The highest BCUT2D eigenvalue weighted by molar-refractivity contribution is 7.22. The number of ether oxygens (including phenoxy) is 1. The molecule has 4 aromatic rings. The number of methoxy groups -OCH3 is 1. The molecule has 6 heteroatoms. The molecule has 29 heavy (non-hydrogen) atoms. The Hall–Kier alpha value is -3.38. The number of carbonyl (C=O) groups excluding carboxylic acids is 1. The van der Waals surface area contributed by atoms with Crippen molar-refractivity contribution < 1.29 is 9.53 Å². The molecule has 0 atom stereocenters. The Bertz CT molecular complexity index is 1120. The van der Waals surface area contributed by atoms with Crippen LogP contribution in [0.15, 0.2) is 72.8 Å². The molecule has 1 aromatic heterocycles. The zero-order chi connectivity index (χ0) is 20.4. The van der Waals surface area contributed by atoms with E-state index in [1.54, 1.807) is 12.0 Å². The fraction of sp³-hybridized carbons (Fsp3) is 0.130. The van der Waals surface area contributed by atoms with E-state index in [4.69, 9.17) is 9.72 Å². The molecule has 4 rings (SSSR count). The lowest BCUT2D eigenvalue weighted by Crippen LogP contribution is -2.26. The van der Waals surface area contributed by atoms with Gasteiger partial charge in [0.2, 0.25) is 0 Å². The van der Waals surface area contributed by atoms with Gasteiger partial charge in [-0.1, -0.05) is 29.5 Å². The van der Waals surface area contributed by atoms with Gasteiger partial charge in [0, 0.05) is 31.4 Å². The molecular weight excluding hydrogens is 382 g/mol. The van der Waals surface area contributed by atoms with E-state index in [1.165, 1.54) is 11.3 Å². The van der Waals surface area contributed by atoms with E-state index < -0.39 is 0 Å². The second-order valence-electron chi connectivity index (χ2n) is 6.75. The number of fused-ring (bicyclic) bond motifs is 1. The summed E-state index contributed by atoms with van der Waals surface area (Å²) in [5.74, 6) is 0.548. The Balaban J connectivity index is 1.81. The maximum Gasteiger partial charge on any atom is 0.264 e. The minimum Gasteiger partial charge on any atom is -0.497 e. The molecule has 0 aliphatic carbocycles. The van der Waals surface area contributed by atoms with Crippen molar-refractivity contribution in [3.05, 3.63) is 78.4 Å². The SMILES string of the molecule is COc1cccc(N(C(=O)c2ccc(N(C)C)cc2)c2nc3ccccc3s2)c1. The van der Waals surface area contributed by atoms with Gasteiger partial charge in [-0.3, -0.25) is 9.69 Å². The van der Waals surface area contributed by atoms with Crippen LogP contribution < -0.4 is 14.5 Å². The van der Waals surface area contributed by atoms with E-state index in [0.717, 1.165) is 15.9 Å². The third-order valence-corrected chi connectivity index (χ3v) is 5.64. The fourth-order valence-corrected chi connectivity index (χ4v) is 4.04. The van der Waals surface area contributed by atoms with Crippen molar-refractivity contribution in [3.8, 4) is 5.75 Å². The van der Waals surface area contributed by atoms with Crippen LogP contribution >= 0.6 is 11.3 Å². The summed E-state index contributed by atoms with van der Waals surface area (Å²) in [6, 6.07) is 22.9. The zero-order valence-electron chi connectivity index (χ0n) is 16.5. The van der Waals surface area contributed by atoms with Crippen LogP contribution in [0.2, 0.25) is 0 Å². The molecule has 1 amide bonds. The van der Waals surface area contributed by atoms with E-state index in [9.17, 15) is 4.79 Å². The van der Waals surface area contributed by atoms with Crippen LogP contribution in [0, 0.1) is 0 Å². The third kappa shape index (κ3) is 3.79. The summed E-state index contributed by atoms with van der Waals surface area (Å²) in [5, 5.41) is 0.626. The summed E-state index contributed by atoms with van der Waals surface area (Å²) >= 11 is 1.49. The standard InChI is InChI=1S/C23H21N3O2S/c1-25(2)17-13-11-16(12-14-17)22(27)26(18-7-6-8-19(15-18)28-3)23-24-20-9-4-5-10-21(20)29-23/h4-15H,1-3H3. The van der Waals surface area contributed by atoms with Gasteiger partial charge in [0.1, 0.15) is 5.75 Å². The van der Waals surface area contributed by atoms with Gasteiger partial charge in [0.25, 0.3) is 5.91 Å². The first-order valence-corrected chi connectivity index (χ1v) is 10.00. The molecular formula is C23H21N3O2S. The number of nitrogens with zero attached hydrogens (tertiary/aromatic N) is 3. The Morgan fingerprint density at radius 1 is 0.931 bits per heavy atom. The van der Waals surface area contributed by atoms with Crippen molar-refractivity contribution in [1.29, 1.82) is 0 Å². The average molecular weight is 404 g/mol. The molecule has 146 valence electrons. The third-order valence-electron chi connectivity index (χ3n) is 4.62. The van der Waals surface area contributed by atoms with E-state index in [2.05, 4.69) is 0 Å². The first-order valence-electron chi connectivity index (χ1n) is 9.18. The molecule has 0 radical (unpaired) electrons. The maximum atomic E-state index is 13.5. The second-order valence-corrected chi connectivity index (χ2v) is 7.76. The van der Waals surface area contributed by atoms with Crippen LogP contribution in [0.1, 0.15) is 10.4 Å². The van der Waals surface area contributed by atoms with Gasteiger partial charge in [-0.25, -0.2) is 4.98 Å². The fourth-order valence-electron chi connectivity index (χ4n) is 3.05. The Morgan fingerprint density at radius 3 is 2.38 bits per heavy atom. The lowest BCUT2D eigenvalue weighted by atomic mass is 10.1. The normalized spacial score (nSPS) is 10.7. The summed E-state index contributed by atoms with van der Waals surface area (Å²) in [6.07, 6.45) is 0. The number of aromatic nitrogens is 1. The predicted molar refractivity (Wildman–Crippen MR) is 120 cm³/mol. The van der Waals surface area contributed by atoms with Gasteiger partial charge >= 0.3 is 0 Å². The van der Waals surface area contributed by atoms with Crippen LogP contribution in [-0.4, -0.2) is 32.1 Å². The number of anilines is 3. The van der Waals surface area contributed by atoms with Crippen LogP contribution in [0.3, 0.4) is 0 Å². The maximum absolute atomic E-state index is 13.5. The Kier molecular flexibility index (Phi) is 5.18. The molecule has 0 bridgehead atoms. The highest BCUT2D eigenvalue weighted by atomic mass is 32.1. The lowest BCUT2D eigenvalue weighted by Gasteiger charge is -2.21. The monoisotopic (exact) mass is 403 g/mol. The van der Waals surface area contributed by atoms with E-state index in [1.807, 2.05) is 91.8 Å². The topological polar surface area (TPSA) is 45.7 Å². The van der Waals surface area contributed by atoms with Crippen molar-refractivity contribution in [2.45, 2.75) is 0 Å². The highest BCUT2D eigenvalue weighted by Crippen LogP contribution is 2.35. The summed E-state index contributed by atoms with van der Waals surface area (Å²) in [7, 11) is 5.56. The summed E-state index contributed by atoms with van der Waals surface area (Å²) in [5.41, 5.74) is 3.22. The molecule has 3 aromatic carbocycles. The van der Waals surface area contributed by atoms with Gasteiger partial charge in [-0.15, -0.1) is 0 Å². The van der Waals surface area contributed by atoms with Crippen molar-refractivity contribution >= 4 is 44.0 Å². The lowest BCUT2D eigenvalue weighted by molar-refractivity contribution is 0.0999. The summed E-state index contributed by atoms with van der Waals surface area (Å²) < 4.78 is 6.40. The van der Waals surface area contributed by atoms with Crippen LogP contribution in [0.25, 0.3) is 10.2 Å². The second kappa shape index (κ2) is 7.93. The molecule has 0 aliphatic rings. The van der Waals surface area contributed by atoms with Gasteiger partial charge < -0.3 is 9.64 Å². The molecule has 0 N–H and O–H groups in total. The highest BCUT2D eigenvalue weighted by Gasteiger charge is 2.23. The Labute approximate surface area is 173 Å². The van der Waals surface area contributed by atoms with E-state index in [0.29, 0.717) is 22.1 Å². The van der Waals surface area contributed by atoms with Crippen LogP contribution in [0.5, 0.6) is 5.75 Å². The largest absolute Gasteiger partial charge is 0.497 e. The number of thiazole rings is 1. The first kappa shape index (κ1) is 19.0. The number of hydrogen-bond donors (Lipinski definition) is 0. The molecule has 0 spiro atoms. The van der Waals surface area contributed by atoms with Crippen LogP contribution in [-0.2, 0) is 0 Å². The van der Waals surface area contributed by atoms with Gasteiger partial charge in [-0.2, -0.15) is 0 Å². The Morgan fingerprint density at radius 2 is 1.69 bits per heavy atom. The number of benzene rings is 3. The zero-order valence-corrected chi connectivity index (χ0v) is 17.3. The molecule has 0 saturated carbocycles. The van der Waals surface area contributed by atoms with Gasteiger partial charge in [-0.05, 0) is 48.5 Å². The van der Waals surface area contributed by atoms with E-state index in [-0.39, 0.29) is 5.91 Å². The van der Waals surface area contributed by atoms with Gasteiger partial charge in [0.05, 0.1) is 23.0 Å². The molecule has 0 aliphatic heterocycles. The minimum absolute atomic E-state index is 0.136. The van der Waals surface area contributed by atoms with Crippen molar-refractivity contribution in [2.24, 2.45) is 0 Å². The molecule has 0 fully saturated rings. The number of carbonyl (C=O) groups is 1. The van der Waals surface area contributed by atoms with Gasteiger partial charge in [0.15, 0.2) is 5.13 Å². The van der Waals surface area contributed by atoms with Crippen LogP contribution in [0.4, 0.5) is 16.5 Å². The predicted octanol–water partition coefficient (Wildman–Crippen LogP) is 5.35. The van der Waals surface area contributed by atoms with Crippen molar-refractivity contribution in [1.82, 2.24) is 4.98 Å².